The molecule has 0 aliphatic carbocycles. The highest BCUT2D eigenvalue weighted by Crippen LogP contribution is 2.19. The van der Waals surface area contributed by atoms with Gasteiger partial charge in [-0.3, -0.25) is 0 Å². The molecule has 0 saturated heterocycles. The summed E-state index contributed by atoms with van der Waals surface area (Å²) >= 11 is 3.01. The number of anilines is 1. The van der Waals surface area contributed by atoms with Crippen LogP contribution in [-0.2, 0) is 6.54 Å². The van der Waals surface area contributed by atoms with Gasteiger partial charge in [0.15, 0.2) is 0 Å². The van der Waals surface area contributed by atoms with Gasteiger partial charge in [-0.15, -0.1) is 0 Å². The van der Waals surface area contributed by atoms with Crippen molar-refractivity contribution in [1.29, 1.82) is 0 Å². The third kappa shape index (κ3) is 4.06. The average Bonchev–Trinajstić information content (AvgIpc) is 2.90. The van der Waals surface area contributed by atoms with Gasteiger partial charge in [-0.1, -0.05) is 0 Å². The zero-order valence-electron chi connectivity index (χ0n) is 10.5. The van der Waals surface area contributed by atoms with E-state index in [-0.39, 0.29) is 12.3 Å². The minimum Gasteiger partial charge on any atom is -0.475 e. The van der Waals surface area contributed by atoms with Gasteiger partial charge in [-0.25, -0.2) is 14.0 Å². The molecule has 0 radical (unpaired) electrons. The van der Waals surface area contributed by atoms with Crippen LogP contribution >= 0.6 is 15.9 Å². The molecule has 110 valence electrons. The zero-order chi connectivity index (χ0) is 15.4. The fraction of sp³-hybridized carbons (Fsp3) is 0.0769. The number of rotatable bonds is 4. The smallest absolute Gasteiger partial charge is 0.371 e. The average molecular weight is 357 g/mol. The molecule has 0 unspecified atom stereocenters. The lowest BCUT2D eigenvalue weighted by Gasteiger charge is -2.07. The van der Waals surface area contributed by atoms with E-state index in [0.717, 1.165) is 0 Å². The van der Waals surface area contributed by atoms with E-state index >= 15 is 0 Å². The normalized spacial score (nSPS) is 10.2. The molecule has 0 atom stereocenters. The third-order valence-corrected chi connectivity index (χ3v) is 3.12. The minimum atomic E-state index is -1.18. The summed E-state index contributed by atoms with van der Waals surface area (Å²) in [6.45, 7) is 0.0120. The highest BCUT2D eigenvalue weighted by molar-refractivity contribution is 9.10. The highest BCUT2D eigenvalue weighted by Gasteiger charge is 2.10. The largest absolute Gasteiger partial charge is 0.475 e. The van der Waals surface area contributed by atoms with E-state index in [1.165, 1.54) is 30.3 Å². The molecular formula is C13H10BrFN2O4. The highest BCUT2D eigenvalue weighted by atomic mass is 79.9. The van der Waals surface area contributed by atoms with E-state index in [0.29, 0.717) is 15.9 Å². The van der Waals surface area contributed by atoms with Crippen molar-refractivity contribution in [3.05, 3.63) is 52.1 Å². The number of urea groups is 1. The number of carbonyl (C=O) groups is 2. The van der Waals surface area contributed by atoms with Crippen LogP contribution in [0.5, 0.6) is 0 Å². The van der Waals surface area contributed by atoms with Gasteiger partial charge in [0.2, 0.25) is 5.76 Å². The van der Waals surface area contributed by atoms with Gasteiger partial charge in [-0.05, 0) is 46.3 Å². The molecule has 0 saturated carbocycles. The molecule has 2 rings (SSSR count). The second kappa shape index (κ2) is 6.40. The predicted octanol–water partition coefficient (Wildman–Crippen LogP) is 3.20. The Hall–Kier alpha value is -2.35. The summed E-state index contributed by atoms with van der Waals surface area (Å²) in [6.07, 6.45) is 0. The number of halogens is 2. The van der Waals surface area contributed by atoms with Crippen LogP contribution in [0.15, 0.2) is 39.2 Å². The summed E-state index contributed by atoms with van der Waals surface area (Å²) in [4.78, 5) is 22.2. The van der Waals surface area contributed by atoms with Crippen molar-refractivity contribution in [2.75, 3.05) is 5.32 Å². The number of hydrogen-bond acceptors (Lipinski definition) is 3. The van der Waals surface area contributed by atoms with Crippen molar-refractivity contribution in [2.24, 2.45) is 0 Å². The van der Waals surface area contributed by atoms with Crippen LogP contribution in [0.1, 0.15) is 16.3 Å². The van der Waals surface area contributed by atoms with Gasteiger partial charge in [0.05, 0.1) is 11.0 Å². The molecule has 21 heavy (non-hydrogen) atoms. The van der Waals surface area contributed by atoms with Crippen molar-refractivity contribution in [3.63, 3.8) is 0 Å². The number of aromatic carboxylic acids is 1. The first-order valence-corrected chi connectivity index (χ1v) is 6.57. The van der Waals surface area contributed by atoms with Gasteiger partial charge in [0, 0.05) is 5.69 Å². The molecule has 0 aliphatic heterocycles. The van der Waals surface area contributed by atoms with Crippen molar-refractivity contribution in [3.8, 4) is 0 Å². The Kier molecular flexibility index (Phi) is 4.59. The van der Waals surface area contributed by atoms with Crippen LogP contribution in [-0.4, -0.2) is 17.1 Å². The number of carbonyl (C=O) groups excluding carboxylic acids is 1. The van der Waals surface area contributed by atoms with Crippen molar-refractivity contribution < 1.29 is 23.5 Å². The van der Waals surface area contributed by atoms with E-state index in [1.54, 1.807) is 0 Å². The quantitative estimate of drug-likeness (QED) is 0.784. The molecule has 0 fully saturated rings. The van der Waals surface area contributed by atoms with Crippen LogP contribution in [0.25, 0.3) is 0 Å². The minimum absolute atomic E-state index is 0.0120. The number of amides is 2. The van der Waals surface area contributed by atoms with Gasteiger partial charge < -0.3 is 20.2 Å². The third-order valence-electron chi connectivity index (χ3n) is 2.47. The maximum atomic E-state index is 13.3. The van der Waals surface area contributed by atoms with E-state index in [2.05, 4.69) is 26.6 Å². The molecular weight excluding hydrogens is 347 g/mol. The van der Waals surface area contributed by atoms with Gasteiger partial charge in [-0.2, -0.15) is 0 Å². The summed E-state index contributed by atoms with van der Waals surface area (Å²) in [5, 5.41) is 13.6. The van der Waals surface area contributed by atoms with Crippen molar-refractivity contribution in [2.45, 2.75) is 6.54 Å². The van der Waals surface area contributed by atoms with Gasteiger partial charge >= 0.3 is 12.0 Å². The molecule has 0 aliphatic rings. The SMILES string of the molecule is O=C(NCc1ccc(C(=O)O)o1)Nc1ccc(Br)c(F)c1. The molecule has 3 N–H and O–H groups in total. The lowest BCUT2D eigenvalue weighted by Crippen LogP contribution is -2.28. The summed E-state index contributed by atoms with van der Waals surface area (Å²) < 4.78 is 18.5. The summed E-state index contributed by atoms with van der Waals surface area (Å²) in [6, 6.07) is 6.34. The first-order chi connectivity index (χ1) is 9.95. The summed E-state index contributed by atoms with van der Waals surface area (Å²) in [5.41, 5.74) is 0.291. The first-order valence-electron chi connectivity index (χ1n) is 5.77. The summed E-state index contributed by atoms with van der Waals surface area (Å²) in [5.74, 6) is -1.59. The maximum Gasteiger partial charge on any atom is 0.371 e. The topological polar surface area (TPSA) is 91.6 Å². The van der Waals surface area contributed by atoms with E-state index in [9.17, 15) is 14.0 Å². The monoisotopic (exact) mass is 356 g/mol. The van der Waals surface area contributed by atoms with Gasteiger partial charge in [0.25, 0.3) is 0 Å². The Labute approximate surface area is 127 Å². The fourth-order valence-corrected chi connectivity index (χ4v) is 1.75. The Bertz CT molecular complexity index is 687. The molecule has 8 heteroatoms. The second-order valence-corrected chi connectivity index (χ2v) is 4.86. The molecule has 1 aromatic heterocycles. The lowest BCUT2D eigenvalue weighted by atomic mass is 10.3. The molecule has 2 aromatic rings. The van der Waals surface area contributed by atoms with E-state index in [1.807, 2.05) is 0 Å². The van der Waals surface area contributed by atoms with Gasteiger partial charge in [0.1, 0.15) is 11.6 Å². The Balaban J connectivity index is 1.89. The lowest BCUT2D eigenvalue weighted by molar-refractivity contribution is 0.0660. The Morgan fingerprint density at radius 2 is 2.05 bits per heavy atom. The van der Waals surface area contributed by atoms with Crippen molar-refractivity contribution in [1.82, 2.24) is 5.32 Å². The molecule has 2 amide bonds. The maximum absolute atomic E-state index is 13.3. The van der Waals surface area contributed by atoms with Crippen LogP contribution in [0.2, 0.25) is 0 Å². The van der Waals surface area contributed by atoms with Crippen LogP contribution < -0.4 is 10.6 Å². The number of carboxylic acid groups (broad SMARTS) is 1. The number of benzene rings is 1. The summed E-state index contributed by atoms with van der Waals surface area (Å²) in [7, 11) is 0. The first kappa shape index (κ1) is 15.0. The number of nitrogens with one attached hydrogen (secondary N) is 2. The molecule has 0 bridgehead atoms. The Morgan fingerprint density at radius 1 is 1.29 bits per heavy atom. The molecule has 6 nitrogen and oxygen atoms in total. The molecule has 1 heterocycles. The fourth-order valence-electron chi connectivity index (χ4n) is 1.50. The van der Waals surface area contributed by atoms with Crippen LogP contribution in [0.3, 0.4) is 0 Å². The molecule has 1 aromatic carbocycles. The number of carboxylic acids is 1. The zero-order valence-corrected chi connectivity index (χ0v) is 12.1. The standard InChI is InChI=1S/C13H10BrFN2O4/c14-9-3-1-7(5-10(9)15)17-13(20)16-6-8-2-4-11(21-8)12(18)19/h1-5H,6H2,(H,18,19)(H2,16,17,20). The van der Waals surface area contributed by atoms with Crippen LogP contribution in [0, 0.1) is 5.82 Å². The predicted molar refractivity (Wildman–Crippen MR) is 75.6 cm³/mol. The van der Waals surface area contributed by atoms with Crippen LogP contribution in [0.4, 0.5) is 14.9 Å². The number of hydrogen-bond donors (Lipinski definition) is 3. The second-order valence-electron chi connectivity index (χ2n) is 4.01. The van der Waals surface area contributed by atoms with Crippen molar-refractivity contribution >= 4 is 33.6 Å². The van der Waals surface area contributed by atoms with E-state index < -0.39 is 17.8 Å². The molecule has 0 spiro atoms. The Morgan fingerprint density at radius 3 is 2.67 bits per heavy atom. The van der Waals surface area contributed by atoms with E-state index in [4.69, 9.17) is 9.52 Å². The number of furan rings is 1.